The molecule has 5 nitrogen and oxygen atoms in total. The molecule has 0 aliphatic rings. The van der Waals surface area contributed by atoms with Crippen LogP contribution in [0, 0.1) is 5.92 Å². The van der Waals surface area contributed by atoms with Crippen LogP contribution >= 0.6 is 0 Å². The Hall–Kier alpha value is -2.01. The van der Waals surface area contributed by atoms with Crippen LogP contribution in [0.25, 0.3) is 11.0 Å². The van der Waals surface area contributed by atoms with Gasteiger partial charge in [-0.05, 0) is 24.5 Å². The minimum Gasteiger partial charge on any atom is -0.493 e. The molecule has 5 heteroatoms. The molecule has 2 rings (SSSR count). The van der Waals surface area contributed by atoms with Crippen LogP contribution in [0.15, 0.2) is 33.5 Å². The summed E-state index contributed by atoms with van der Waals surface area (Å²) in [6, 6.07) is 6.47. The van der Waals surface area contributed by atoms with Crippen LogP contribution < -0.4 is 15.1 Å². The average Bonchev–Trinajstić information content (AvgIpc) is 2.46. The Kier molecular flexibility index (Phi) is 4.63. The Morgan fingerprint density at radius 1 is 1.30 bits per heavy atom. The van der Waals surface area contributed by atoms with Crippen molar-refractivity contribution in [2.24, 2.45) is 5.92 Å². The number of ether oxygens (including phenoxy) is 2. The maximum atomic E-state index is 11.2. The third-order valence-electron chi connectivity index (χ3n) is 3.09. The lowest BCUT2D eigenvalue weighted by Gasteiger charge is -2.13. The quantitative estimate of drug-likeness (QED) is 0.820. The highest BCUT2D eigenvalue weighted by Crippen LogP contribution is 2.32. The van der Waals surface area contributed by atoms with Crippen LogP contribution in [0.2, 0.25) is 0 Å². The summed E-state index contributed by atoms with van der Waals surface area (Å²) >= 11 is 0. The van der Waals surface area contributed by atoms with Crippen molar-refractivity contribution in [2.75, 3.05) is 20.3 Å². The Morgan fingerprint density at radius 2 is 2.10 bits per heavy atom. The normalized spacial score (nSPS) is 12.3. The van der Waals surface area contributed by atoms with Crippen molar-refractivity contribution in [3.8, 4) is 11.5 Å². The standard InChI is InChI=1S/C15H18O5/c1-10(9-16)5-6-19-14-8-12-11(7-13(14)18-2)3-4-15(17)20-12/h3-4,7-8,10,16H,5-6,9H2,1-2H3/t10-/m0/s1. The number of hydrogen-bond acceptors (Lipinski definition) is 5. The number of rotatable bonds is 6. The largest absolute Gasteiger partial charge is 0.493 e. The summed E-state index contributed by atoms with van der Waals surface area (Å²) < 4.78 is 16.0. The fraction of sp³-hybridized carbons (Fsp3) is 0.400. The van der Waals surface area contributed by atoms with Gasteiger partial charge in [-0.25, -0.2) is 4.79 Å². The van der Waals surface area contributed by atoms with Gasteiger partial charge in [-0.1, -0.05) is 6.92 Å². The van der Waals surface area contributed by atoms with Crippen LogP contribution in [-0.4, -0.2) is 25.4 Å². The van der Waals surface area contributed by atoms with Crippen LogP contribution in [0.5, 0.6) is 11.5 Å². The van der Waals surface area contributed by atoms with E-state index in [4.69, 9.17) is 19.0 Å². The summed E-state index contributed by atoms with van der Waals surface area (Å²) in [7, 11) is 1.56. The van der Waals surface area contributed by atoms with Crippen LogP contribution in [0.1, 0.15) is 13.3 Å². The van der Waals surface area contributed by atoms with E-state index >= 15 is 0 Å². The van der Waals surface area contributed by atoms with E-state index in [2.05, 4.69) is 0 Å². The van der Waals surface area contributed by atoms with E-state index in [0.29, 0.717) is 23.7 Å². The van der Waals surface area contributed by atoms with Crippen molar-refractivity contribution in [2.45, 2.75) is 13.3 Å². The molecule has 2 aromatic rings. The number of methoxy groups -OCH3 is 1. The summed E-state index contributed by atoms with van der Waals surface area (Å²) in [4.78, 5) is 11.2. The molecule has 0 saturated carbocycles. The average molecular weight is 278 g/mol. The number of hydrogen-bond donors (Lipinski definition) is 1. The molecule has 0 unspecified atom stereocenters. The Labute approximate surface area is 116 Å². The molecule has 0 saturated heterocycles. The molecule has 1 aromatic heterocycles. The van der Waals surface area contributed by atoms with Crippen molar-refractivity contribution in [3.05, 3.63) is 34.7 Å². The number of aliphatic hydroxyl groups is 1. The van der Waals surface area contributed by atoms with E-state index in [1.54, 1.807) is 25.3 Å². The van der Waals surface area contributed by atoms with E-state index in [0.717, 1.165) is 11.8 Å². The Bertz CT molecular complexity index is 632. The molecule has 0 aliphatic carbocycles. The maximum Gasteiger partial charge on any atom is 0.336 e. The Balaban J connectivity index is 2.24. The molecule has 1 heterocycles. The van der Waals surface area contributed by atoms with E-state index < -0.39 is 5.63 Å². The van der Waals surface area contributed by atoms with Gasteiger partial charge < -0.3 is 19.0 Å². The molecular weight excluding hydrogens is 260 g/mol. The van der Waals surface area contributed by atoms with Gasteiger partial charge in [0.15, 0.2) is 11.5 Å². The molecule has 108 valence electrons. The molecule has 1 N–H and O–H groups in total. The van der Waals surface area contributed by atoms with Crippen molar-refractivity contribution >= 4 is 11.0 Å². The highest BCUT2D eigenvalue weighted by molar-refractivity contribution is 5.80. The van der Waals surface area contributed by atoms with Crippen molar-refractivity contribution in [3.63, 3.8) is 0 Å². The minimum absolute atomic E-state index is 0.132. The summed E-state index contributed by atoms with van der Waals surface area (Å²) in [6.07, 6.45) is 0.733. The number of aliphatic hydroxyl groups excluding tert-OH is 1. The van der Waals surface area contributed by atoms with Gasteiger partial charge >= 0.3 is 5.63 Å². The first-order valence-electron chi connectivity index (χ1n) is 6.49. The van der Waals surface area contributed by atoms with Gasteiger partial charge in [0.25, 0.3) is 0 Å². The zero-order valence-electron chi connectivity index (χ0n) is 11.6. The SMILES string of the molecule is COc1cc2ccc(=O)oc2cc1OCC[C@H](C)CO. The minimum atomic E-state index is -0.400. The van der Waals surface area contributed by atoms with Gasteiger partial charge in [-0.2, -0.15) is 0 Å². The second-order valence-electron chi connectivity index (χ2n) is 4.72. The molecule has 1 atom stereocenters. The predicted molar refractivity (Wildman–Crippen MR) is 75.4 cm³/mol. The third-order valence-corrected chi connectivity index (χ3v) is 3.09. The number of benzene rings is 1. The fourth-order valence-corrected chi connectivity index (χ4v) is 1.81. The summed E-state index contributed by atoms with van der Waals surface area (Å²) in [5.74, 6) is 1.29. The van der Waals surface area contributed by atoms with Gasteiger partial charge in [0.05, 0.1) is 13.7 Å². The van der Waals surface area contributed by atoms with Gasteiger partial charge in [0.2, 0.25) is 0 Å². The van der Waals surface area contributed by atoms with Gasteiger partial charge in [-0.3, -0.25) is 0 Å². The van der Waals surface area contributed by atoms with Crippen molar-refractivity contribution in [1.29, 1.82) is 0 Å². The lowest BCUT2D eigenvalue weighted by atomic mass is 10.1. The van der Waals surface area contributed by atoms with E-state index in [-0.39, 0.29) is 12.5 Å². The van der Waals surface area contributed by atoms with Crippen molar-refractivity contribution < 1.29 is 19.0 Å². The first-order chi connectivity index (χ1) is 9.63. The highest BCUT2D eigenvalue weighted by Gasteiger charge is 2.09. The van der Waals surface area contributed by atoms with E-state index in [1.807, 2.05) is 6.92 Å². The molecule has 0 spiro atoms. The monoisotopic (exact) mass is 278 g/mol. The third kappa shape index (κ3) is 3.30. The smallest absolute Gasteiger partial charge is 0.336 e. The molecule has 0 radical (unpaired) electrons. The van der Waals surface area contributed by atoms with Crippen LogP contribution in [-0.2, 0) is 0 Å². The summed E-state index contributed by atoms with van der Waals surface area (Å²) in [5.41, 5.74) is 0.0611. The topological polar surface area (TPSA) is 68.9 Å². The zero-order valence-corrected chi connectivity index (χ0v) is 11.6. The lowest BCUT2D eigenvalue weighted by Crippen LogP contribution is -2.08. The fourth-order valence-electron chi connectivity index (χ4n) is 1.81. The van der Waals surface area contributed by atoms with E-state index in [1.165, 1.54) is 6.07 Å². The highest BCUT2D eigenvalue weighted by atomic mass is 16.5. The van der Waals surface area contributed by atoms with Crippen LogP contribution in [0.4, 0.5) is 0 Å². The predicted octanol–water partition coefficient (Wildman–Crippen LogP) is 2.20. The first kappa shape index (κ1) is 14.4. The molecule has 0 aliphatic heterocycles. The summed E-state index contributed by atoms with van der Waals surface area (Å²) in [6.45, 7) is 2.54. The maximum absolute atomic E-state index is 11.2. The number of fused-ring (bicyclic) bond motifs is 1. The van der Waals surface area contributed by atoms with Crippen molar-refractivity contribution in [1.82, 2.24) is 0 Å². The van der Waals surface area contributed by atoms with Crippen LogP contribution in [0.3, 0.4) is 0 Å². The second kappa shape index (κ2) is 6.43. The zero-order chi connectivity index (χ0) is 14.5. The Morgan fingerprint density at radius 3 is 2.80 bits per heavy atom. The lowest BCUT2D eigenvalue weighted by molar-refractivity contribution is 0.199. The molecule has 1 aromatic carbocycles. The van der Waals surface area contributed by atoms with Gasteiger partial charge in [0, 0.05) is 24.1 Å². The molecule has 0 fully saturated rings. The first-order valence-corrected chi connectivity index (χ1v) is 6.49. The molecule has 0 amide bonds. The van der Waals surface area contributed by atoms with E-state index in [9.17, 15) is 4.79 Å². The van der Waals surface area contributed by atoms with Gasteiger partial charge in [0.1, 0.15) is 5.58 Å². The second-order valence-corrected chi connectivity index (χ2v) is 4.72. The molecule has 0 bridgehead atoms. The molecule has 20 heavy (non-hydrogen) atoms. The van der Waals surface area contributed by atoms with Gasteiger partial charge in [-0.15, -0.1) is 0 Å². The summed E-state index contributed by atoms with van der Waals surface area (Å²) in [5, 5.41) is 9.75. The molecular formula is C15H18O5.